The van der Waals surface area contributed by atoms with Crippen LogP contribution in [0.5, 0.6) is 0 Å². The summed E-state index contributed by atoms with van der Waals surface area (Å²) in [6.45, 7) is 4.09. The topological polar surface area (TPSA) is 69.4 Å². The Morgan fingerprint density at radius 2 is 1.86 bits per heavy atom. The molecule has 0 aliphatic rings. The minimum absolute atomic E-state index is 0.0966. The number of benzene rings is 1. The first-order valence-corrected chi connectivity index (χ1v) is 7.05. The number of carbonyl (C=O) groups is 1. The fourth-order valence-electron chi connectivity index (χ4n) is 2.51. The highest BCUT2D eigenvalue weighted by atomic mass is 19.1. The third-order valence-electron chi connectivity index (χ3n) is 3.45. The molecule has 0 aliphatic heterocycles. The Hall–Kier alpha value is -2.05. The average Bonchev–Trinajstić information content (AvgIpc) is 2.37. The predicted octanol–water partition coefficient (Wildman–Crippen LogP) is 3.22. The Kier molecular flexibility index (Phi) is 6.39. The molecule has 0 aromatic heterocycles. The van der Waals surface area contributed by atoms with E-state index in [1.54, 1.807) is 13.8 Å². The summed E-state index contributed by atoms with van der Waals surface area (Å²) < 4.78 is 33.2. The number of aryl methyl sites for hydroxylation is 1. The van der Waals surface area contributed by atoms with E-state index >= 15 is 0 Å². The van der Waals surface area contributed by atoms with Gasteiger partial charge in [-0.15, -0.1) is 0 Å². The Labute approximate surface area is 127 Å². The number of hydrogen-bond donors (Lipinski definition) is 0. The quantitative estimate of drug-likeness (QED) is 0.440. The van der Waals surface area contributed by atoms with Crippen molar-refractivity contribution < 1.29 is 23.2 Å². The van der Waals surface area contributed by atoms with Crippen molar-refractivity contribution in [3.05, 3.63) is 45.0 Å². The van der Waals surface area contributed by atoms with Gasteiger partial charge in [0, 0.05) is 10.5 Å². The Morgan fingerprint density at radius 3 is 2.27 bits per heavy atom. The van der Waals surface area contributed by atoms with Crippen LogP contribution in [0, 0.1) is 34.6 Å². The summed E-state index contributed by atoms with van der Waals surface area (Å²) in [5.74, 6) is -4.63. The molecule has 7 heteroatoms. The van der Waals surface area contributed by atoms with Gasteiger partial charge in [-0.3, -0.25) is 14.9 Å². The lowest BCUT2D eigenvalue weighted by molar-refractivity contribution is -0.484. The predicted molar refractivity (Wildman–Crippen MR) is 76.1 cm³/mol. The number of nitrogens with zero attached hydrogens (tertiary/aromatic N) is 1. The molecule has 0 spiro atoms. The first-order valence-electron chi connectivity index (χ1n) is 7.05. The molecule has 0 saturated carbocycles. The van der Waals surface area contributed by atoms with Crippen LogP contribution in [0.3, 0.4) is 0 Å². The smallest absolute Gasteiger partial charge is 0.309 e. The van der Waals surface area contributed by atoms with E-state index < -0.39 is 46.5 Å². The molecule has 5 nitrogen and oxygen atoms in total. The molecule has 2 atom stereocenters. The van der Waals surface area contributed by atoms with Crippen LogP contribution in [-0.2, 0) is 9.53 Å². The van der Waals surface area contributed by atoms with Crippen molar-refractivity contribution >= 4 is 5.97 Å². The number of ether oxygens (including phenoxy) is 1. The van der Waals surface area contributed by atoms with Gasteiger partial charge in [-0.2, -0.15) is 0 Å². The van der Waals surface area contributed by atoms with Gasteiger partial charge in [-0.05, 0) is 38.0 Å². The Balaban J connectivity index is 3.34. The zero-order chi connectivity index (χ0) is 16.9. The van der Waals surface area contributed by atoms with E-state index in [1.165, 1.54) is 6.92 Å². The Morgan fingerprint density at radius 1 is 1.32 bits per heavy atom. The highest BCUT2D eigenvalue weighted by molar-refractivity contribution is 5.73. The number of nitro groups is 1. The molecular weight excluding hydrogens is 296 g/mol. The normalized spacial score (nSPS) is 13.5. The van der Waals surface area contributed by atoms with Gasteiger partial charge in [0.05, 0.1) is 18.4 Å². The summed E-state index contributed by atoms with van der Waals surface area (Å²) in [5, 5.41) is 10.9. The van der Waals surface area contributed by atoms with Crippen LogP contribution in [-0.4, -0.2) is 24.0 Å². The minimum atomic E-state index is -1.21. The molecule has 0 heterocycles. The minimum Gasteiger partial charge on any atom is -0.466 e. The second-order valence-corrected chi connectivity index (χ2v) is 5.03. The molecule has 0 fully saturated rings. The molecule has 0 bridgehead atoms. The molecule has 0 saturated heterocycles. The average molecular weight is 315 g/mol. The number of rotatable bonds is 7. The van der Waals surface area contributed by atoms with Gasteiger partial charge >= 0.3 is 5.97 Å². The van der Waals surface area contributed by atoms with Gasteiger partial charge in [0.2, 0.25) is 6.54 Å². The van der Waals surface area contributed by atoms with Crippen LogP contribution in [0.2, 0.25) is 0 Å². The molecule has 0 N–H and O–H groups in total. The summed E-state index contributed by atoms with van der Waals surface area (Å²) >= 11 is 0. The third-order valence-corrected chi connectivity index (χ3v) is 3.45. The van der Waals surface area contributed by atoms with Gasteiger partial charge in [0.25, 0.3) is 0 Å². The monoisotopic (exact) mass is 315 g/mol. The second-order valence-electron chi connectivity index (χ2n) is 5.03. The summed E-state index contributed by atoms with van der Waals surface area (Å²) in [6.07, 6.45) is 0.185. The number of hydrogen-bond acceptors (Lipinski definition) is 4. The standard InChI is InChI=1S/C15H19F2NO4/c1-4-10(15(19)22-5-2)11(8-18(20)21)14-12(16)6-9(3)7-13(14)17/h6-7,10-11H,4-5,8H2,1-3H3/t10?,11-/m1/s1. The third kappa shape index (κ3) is 4.22. The van der Waals surface area contributed by atoms with E-state index in [9.17, 15) is 23.7 Å². The van der Waals surface area contributed by atoms with Gasteiger partial charge in [0.15, 0.2) is 0 Å². The fourth-order valence-corrected chi connectivity index (χ4v) is 2.51. The van der Waals surface area contributed by atoms with Crippen molar-refractivity contribution in [1.82, 2.24) is 0 Å². The summed E-state index contributed by atoms with van der Waals surface area (Å²) in [6, 6.07) is 2.20. The molecule has 22 heavy (non-hydrogen) atoms. The largest absolute Gasteiger partial charge is 0.466 e. The van der Waals surface area contributed by atoms with Crippen LogP contribution < -0.4 is 0 Å². The van der Waals surface area contributed by atoms with Gasteiger partial charge in [-0.25, -0.2) is 8.78 Å². The molecule has 0 radical (unpaired) electrons. The van der Waals surface area contributed by atoms with E-state index in [2.05, 4.69) is 0 Å². The van der Waals surface area contributed by atoms with Crippen molar-refractivity contribution in [2.75, 3.05) is 13.2 Å². The molecule has 122 valence electrons. The molecule has 0 aliphatic carbocycles. The first-order chi connectivity index (χ1) is 10.3. The summed E-state index contributed by atoms with van der Waals surface area (Å²) in [4.78, 5) is 22.2. The van der Waals surface area contributed by atoms with Crippen LogP contribution in [0.15, 0.2) is 12.1 Å². The second kappa shape index (κ2) is 7.82. The first kappa shape index (κ1) is 18.0. The van der Waals surface area contributed by atoms with Gasteiger partial charge in [0.1, 0.15) is 11.6 Å². The zero-order valence-electron chi connectivity index (χ0n) is 12.8. The maximum Gasteiger partial charge on any atom is 0.309 e. The maximum absolute atomic E-state index is 14.1. The van der Waals surface area contributed by atoms with Crippen molar-refractivity contribution in [2.24, 2.45) is 5.92 Å². The lowest BCUT2D eigenvalue weighted by Gasteiger charge is -2.23. The number of halogens is 2. The molecular formula is C15H19F2NO4. The highest BCUT2D eigenvalue weighted by Gasteiger charge is 2.36. The molecule has 1 aromatic rings. The van der Waals surface area contributed by atoms with E-state index in [0.29, 0.717) is 5.56 Å². The van der Waals surface area contributed by atoms with Crippen LogP contribution in [0.4, 0.5) is 8.78 Å². The molecule has 1 unspecified atom stereocenters. The van der Waals surface area contributed by atoms with E-state index in [4.69, 9.17) is 4.74 Å². The lowest BCUT2D eigenvalue weighted by atomic mass is 9.83. The van der Waals surface area contributed by atoms with E-state index in [-0.39, 0.29) is 13.0 Å². The molecule has 0 amide bonds. The van der Waals surface area contributed by atoms with Gasteiger partial charge in [-0.1, -0.05) is 6.92 Å². The maximum atomic E-state index is 14.1. The lowest BCUT2D eigenvalue weighted by Crippen LogP contribution is -2.30. The number of carbonyl (C=O) groups excluding carboxylic acids is 1. The SMILES string of the molecule is CCOC(=O)C(CC)[C@@H](C[N+](=O)[O-])c1c(F)cc(C)cc1F. The fraction of sp³-hybridized carbons (Fsp3) is 0.533. The van der Waals surface area contributed by atoms with Gasteiger partial charge < -0.3 is 4.74 Å². The molecule has 1 rings (SSSR count). The summed E-state index contributed by atoms with van der Waals surface area (Å²) in [7, 11) is 0. The zero-order valence-corrected chi connectivity index (χ0v) is 12.8. The van der Waals surface area contributed by atoms with Crippen LogP contribution in [0.1, 0.15) is 37.3 Å². The summed E-state index contributed by atoms with van der Waals surface area (Å²) in [5.41, 5.74) is -0.0648. The Bertz CT molecular complexity index is 539. The molecule has 1 aromatic carbocycles. The van der Waals surface area contributed by atoms with Crippen molar-refractivity contribution in [1.29, 1.82) is 0 Å². The van der Waals surface area contributed by atoms with Crippen molar-refractivity contribution in [2.45, 2.75) is 33.1 Å². The van der Waals surface area contributed by atoms with E-state index in [1.807, 2.05) is 0 Å². The number of esters is 1. The van der Waals surface area contributed by atoms with Crippen LogP contribution >= 0.6 is 0 Å². The van der Waals surface area contributed by atoms with Crippen molar-refractivity contribution in [3.63, 3.8) is 0 Å². The highest BCUT2D eigenvalue weighted by Crippen LogP contribution is 2.33. The van der Waals surface area contributed by atoms with Crippen molar-refractivity contribution in [3.8, 4) is 0 Å². The van der Waals surface area contributed by atoms with E-state index in [0.717, 1.165) is 12.1 Å². The van der Waals surface area contributed by atoms with Crippen LogP contribution in [0.25, 0.3) is 0 Å².